The molecular weight excluding hydrogens is 311 g/mol. The molecule has 0 aliphatic rings. The van der Waals surface area contributed by atoms with Crippen LogP contribution in [-0.2, 0) is 0 Å². The second kappa shape index (κ2) is 6.16. The molecule has 0 radical (unpaired) electrons. The number of nitrogens with zero attached hydrogens (tertiary/aromatic N) is 1. The number of hydrogen-bond donors (Lipinski definition) is 1. The molecule has 0 aliphatic carbocycles. The fraction of sp³-hybridized carbons (Fsp3) is 0.111. The van der Waals surface area contributed by atoms with Gasteiger partial charge in [-0.1, -0.05) is 18.2 Å². The van der Waals surface area contributed by atoms with Crippen molar-refractivity contribution in [3.8, 4) is 5.75 Å². The van der Waals surface area contributed by atoms with Crippen LogP contribution in [0, 0.1) is 12.7 Å². The molecule has 0 saturated carbocycles. The first kappa shape index (κ1) is 15.7. The number of fused-ring (bicyclic) bond motifs is 1. The van der Waals surface area contributed by atoms with Crippen LogP contribution >= 0.6 is 0 Å². The highest BCUT2D eigenvalue weighted by Gasteiger charge is 2.12. The molecule has 5 nitrogen and oxygen atoms in total. The van der Waals surface area contributed by atoms with Gasteiger partial charge in [-0.05, 0) is 36.8 Å². The SMILES string of the molecule is COc1cccc2cc(C(N)=O)c(=Nc3ccc(C)c(F)c3)oc12. The van der Waals surface area contributed by atoms with E-state index >= 15 is 0 Å². The number of rotatable bonds is 3. The Kier molecular flexibility index (Phi) is 4.04. The fourth-order valence-electron chi connectivity index (χ4n) is 2.31. The number of hydrogen-bond acceptors (Lipinski definition) is 4. The minimum Gasteiger partial charge on any atom is -0.493 e. The highest BCUT2D eigenvalue weighted by molar-refractivity contribution is 5.96. The summed E-state index contributed by atoms with van der Waals surface area (Å²) < 4.78 is 24.7. The second-order valence-electron chi connectivity index (χ2n) is 5.25. The molecule has 0 unspecified atom stereocenters. The first-order chi connectivity index (χ1) is 11.5. The summed E-state index contributed by atoms with van der Waals surface area (Å²) in [6.07, 6.45) is 0. The number of ether oxygens (including phenoxy) is 1. The number of benzene rings is 2. The lowest BCUT2D eigenvalue weighted by Crippen LogP contribution is -2.21. The van der Waals surface area contributed by atoms with Gasteiger partial charge in [0.2, 0.25) is 5.55 Å². The van der Waals surface area contributed by atoms with E-state index in [-0.39, 0.29) is 11.1 Å². The highest BCUT2D eigenvalue weighted by atomic mass is 19.1. The third-order valence-corrected chi connectivity index (χ3v) is 3.61. The van der Waals surface area contributed by atoms with Gasteiger partial charge in [-0.2, -0.15) is 0 Å². The van der Waals surface area contributed by atoms with Crippen LogP contribution < -0.4 is 16.0 Å². The van der Waals surface area contributed by atoms with E-state index in [1.807, 2.05) is 0 Å². The number of carbonyl (C=O) groups excluding carboxylic acids is 1. The van der Waals surface area contributed by atoms with Gasteiger partial charge in [-0.3, -0.25) is 4.79 Å². The van der Waals surface area contributed by atoms with E-state index in [0.717, 1.165) is 0 Å². The number of para-hydroxylation sites is 1. The van der Waals surface area contributed by atoms with Crippen molar-refractivity contribution in [2.75, 3.05) is 7.11 Å². The summed E-state index contributed by atoms with van der Waals surface area (Å²) in [4.78, 5) is 16.0. The summed E-state index contributed by atoms with van der Waals surface area (Å²) in [7, 11) is 1.51. The van der Waals surface area contributed by atoms with E-state index in [4.69, 9.17) is 14.9 Å². The molecule has 0 spiro atoms. The Morgan fingerprint density at radius 3 is 2.71 bits per heavy atom. The Morgan fingerprint density at radius 1 is 1.25 bits per heavy atom. The van der Waals surface area contributed by atoms with Crippen LogP contribution in [-0.4, -0.2) is 13.0 Å². The zero-order valence-electron chi connectivity index (χ0n) is 13.2. The fourth-order valence-corrected chi connectivity index (χ4v) is 2.31. The normalized spacial score (nSPS) is 11.7. The average Bonchev–Trinajstić information content (AvgIpc) is 2.57. The third-order valence-electron chi connectivity index (χ3n) is 3.61. The molecule has 0 bridgehead atoms. The van der Waals surface area contributed by atoms with Crippen molar-refractivity contribution in [3.63, 3.8) is 0 Å². The standard InChI is InChI=1S/C18H15FN2O3/c1-10-6-7-12(9-14(10)19)21-18-13(17(20)22)8-11-4-3-5-15(23-2)16(11)24-18/h3-9H,1-2H3,(H2,20,22). The lowest BCUT2D eigenvalue weighted by Gasteiger charge is -2.06. The molecule has 0 fully saturated rings. The van der Waals surface area contributed by atoms with E-state index in [1.165, 1.54) is 13.2 Å². The molecule has 3 rings (SSSR count). The summed E-state index contributed by atoms with van der Waals surface area (Å²) in [5, 5.41) is 0.650. The number of aryl methyl sites for hydroxylation is 1. The Labute approximate surface area is 137 Å². The van der Waals surface area contributed by atoms with Crippen LogP contribution in [0.25, 0.3) is 11.0 Å². The molecule has 2 N–H and O–H groups in total. The van der Waals surface area contributed by atoms with Crippen LogP contribution in [0.2, 0.25) is 0 Å². The maximum Gasteiger partial charge on any atom is 0.254 e. The summed E-state index contributed by atoms with van der Waals surface area (Å²) in [5.41, 5.74) is 6.78. The lowest BCUT2D eigenvalue weighted by molar-refractivity contribution is 0.0996. The molecule has 3 aromatic rings. The first-order valence-corrected chi connectivity index (χ1v) is 7.21. The Bertz CT molecular complexity index is 1010. The van der Waals surface area contributed by atoms with Crippen LogP contribution in [0.5, 0.6) is 5.75 Å². The molecule has 122 valence electrons. The molecule has 0 atom stereocenters. The monoisotopic (exact) mass is 326 g/mol. The smallest absolute Gasteiger partial charge is 0.254 e. The minimum atomic E-state index is -0.685. The molecule has 6 heteroatoms. The van der Waals surface area contributed by atoms with Gasteiger partial charge in [0.1, 0.15) is 11.4 Å². The largest absolute Gasteiger partial charge is 0.493 e. The number of nitrogens with two attached hydrogens (primary N) is 1. The lowest BCUT2D eigenvalue weighted by atomic mass is 10.1. The predicted octanol–water partition coefficient (Wildman–Crippen LogP) is 3.22. The van der Waals surface area contributed by atoms with Gasteiger partial charge in [-0.25, -0.2) is 9.38 Å². The van der Waals surface area contributed by atoms with E-state index in [2.05, 4.69) is 4.99 Å². The molecule has 0 aliphatic heterocycles. The molecule has 1 amide bonds. The average molecular weight is 326 g/mol. The molecule has 24 heavy (non-hydrogen) atoms. The van der Waals surface area contributed by atoms with E-state index in [9.17, 15) is 9.18 Å². The van der Waals surface area contributed by atoms with Crippen molar-refractivity contribution in [3.05, 3.63) is 65.0 Å². The van der Waals surface area contributed by atoms with E-state index in [0.29, 0.717) is 28.0 Å². The van der Waals surface area contributed by atoms with Gasteiger partial charge in [0.15, 0.2) is 11.3 Å². The van der Waals surface area contributed by atoms with E-state index < -0.39 is 11.7 Å². The molecule has 0 saturated heterocycles. The number of amides is 1. The predicted molar refractivity (Wildman–Crippen MR) is 87.6 cm³/mol. The Morgan fingerprint density at radius 2 is 2.04 bits per heavy atom. The summed E-state index contributed by atoms with van der Waals surface area (Å²) >= 11 is 0. The highest BCUT2D eigenvalue weighted by Crippen LogP contribution is 2.25. The van der Waals surface area contributed by atoms with Crippen molar-refractivity contribution < 1.29 is 18.3 Å². The second-order valence-corrected chi connectivity index (χ2v) is 5.25. The van der Waals surface area contributed by atoms with Gasteiger partial charge in [0, 0.05) is 5.39 Å². The van der Waals surface area contributed by atoms with Crippen molar-refractivity contribution in [1.82, 2.24) is 0 Å². The van der Waals surface area contributed by atoms with Crippen LogP contribution in [0.1, 0.15) is 15.9 Å². The maximum atomic E-state index is 13.7. The van der Waals surface area contributed by atoms with Gasteiger partial charge < -0.3 is 14.9 Å². The van der Waals surface area contributed by atoms with Crippen molar-refractivity contribution in [2.24, 2.45) is 10.7 Å². The molecular formula is C18H15FN2O3. The topological polar surface area (TPSA) is 77.8 Å². The van der Waals surface area contributed by atoms with Crippen molar-refractivity contribution in [2.45, 2.75) is 6.92 Å². The molecule has 1 heterocycles. The molecule has 1 aromatic heterocycles. The van der Waals surface area contributed by atoms with Crippen LogP contribution in [0.15, 0.2) is 51.9 Å². The van der Waals surface area contributed by atoms with Crippen LogP contribution in [0.3, 0.4) is 0 Å². The van der Waals surface area contributed by atoms with Gasteiger partial charge in [0.25, 0.3) is 5.91 Å². The maximum absolute atomic E-state index is 13.7. The minimum absolute atomic E-state index is 0.00255. The van der Waals surface area contributed by atoms with Crippen molar-refractivity contribution in [1.29, 1.82) is 0 Å². The summed E-state index contributed by atoms with van der Waals surface area (Å²) in [6, 6.07) is 11.3. The quantitative estimate of drug-likeness (QED) is 0.802. The summed E-state index contributed by atoms with van der Waals surface area (Å²) in [5.74, 6) is -0.583. The Balaban J connectivity index is 2.31. The molecule has 2 aromatic carbocycles. The third kappa shape index (κ3) is 2.86. The zero-order chi connectivity index (χ0) is 17.3. The van der Waals surface area contributed by atoms with Gasteiger partial charge >= 0.3 is 0 Å². The summed E-state index contributed by atoms with van der Waals surface area (Å²) in [6.45, 7) is 1.65. The Hall–Kier alpha value is -3.15. The van der Waals surface area contributed by atoms with Crippen molar-refractivity contribution >= 4 is 22.6 Å². The van der Waals surface area contributed by atoms with Gasteiger partial charge in [-0.15, -0.1) is 0 Å². The van der Waals surface area contributed by atoms with Gasteiger partial charge in [0.05, 0.1) is 12.8 Å². The first-order valence-electron chi connectivity index (χ1n) is 7.21. The number of primary amides is 1. The zero-order valence-corrected chi connectivity index (χ0v) is 13.2. The van der Waals surface area contributed by atoms with Crippen LogP contribution in [0.4, 0.5) is 10.1 Å². The van der Waals surface area contributed by atoms with E-state index in [1.54, 1.807) is 43.3 Å². The number of methoxy groups -OCH3 is 1. The number of carbonyl (C=O) groups is 1. The number of halogens is 1.